The van der Waals surface area contributed by atoms with Crippen molar-refractivity contribution < 1.29 is 28.2 Å². The standard InChI is InChI=1S/C11H8F3NO3/c1-15-7-3-2-5(16)4-6(7)8(10(17)18)9(15)11(12,13)14/h2-4,16H,1H3,(H,17,18). The number of aromatic carboxylic acids is 1. The van der Waals surface area contributed by atoms with Gasteiger partial charge in [0, 0.05) is 18.0 Å². The molecule has 0 aliphatic heterocycles. The van der Waals surface area contributed by atoms with Crippen molar-refractivity contribution in [2.24, 2.45) is 7.05 Å². The minimum absolute atomic E-state index is 0.0949. The first-order valence-electron chi connectivity index (χ1n) is 4.85. The molecule has 0 fully saturated rings. The molecule has 2 aromatic rings. The van der Waals surface area contributed by atoms with Crippen LogP contribution in [0, 0.1) is 0 Å². The number of hydrogen-bond acceptors (Lipinski definition) is 2. The van der Waals surface area contributed by atoms with E-state index in [-0.39, 0.29) is 16.7 Å². The number of carbonyl (C=O) groups is 1. The van der Waals surface area contributed by atoms with Gasteiger partial charge in [-0.3, -0.25) is 0 Å². The number of aryl methyl sites for hydroxylation is 1. The zero-order chi connectivity index (χ0) is 13.7. The smallest absolute Gasteiger partial charge is 0.432 e. The van der Waals surface area contributed by atoms with Gasteiger partial charge < -0.3 is 14.8 Å². The predicted molar refractivity (Wildman–Crippen MR) is 56.5 cm³/mol. The van der Waals surface area contributed by atoms with Crippen LogP contribution in [0.1, 0.15) is 16.1 Å². The summed E-state index contributed by atoms with van der Waals surface area (Å²) in [6, 6.07) is 3.45. The van der Waals surface area contributed by atoms with Gasteiger partial charge in [-0.15, -0.1) is 0 Å². The molecule has 0 bridgehead atoms. The van der Waals surface area contributed by atoms with Crippen LogP contribution in [0.2, 0.25) is 0 Å². The number of aromatic nitrogens is 1. The van der Waals surface area contributed by atoms with Gasteiger partial charge >= 0.3 is 12.1 Å². The molecule has 0 spiro atoms. The summed E-state index contributed by atoms with van der Waals surface area (Å²) >= 11 is 0. The summed E-state index contributed by atoms with van der Waals surface area (Å²) in [4.78, 5) is 11.0. The van der Waals surface area contributed by atoms with Crippen molar-refractivity contribution >= 4 is 16.9 Å². The molecular weight excluding hydrogens is 251 g/mol. The van der Waals surface area contributed by atoms with Crippen molar-refractivity contribution in [3.05, 3.63) is 29.5 Å². The summed E-state index contributed by atoms with van der Waals surface area (Å²) in [5, 5.41) is 18.1. The third kappa shape index (κ3) is 1.68. The average molecular weight is 259 g/mol. The van der Waals surface area contributed by atoms with E-state index in [1.165, 1.54) is 12.1 Å². The van der Waals surface area contributed by atoms with Crippen molar-refractivity contribution in [1.29, 1.82) is 0 Å². The van der Waals surface area contributed by atoms with Crippen LogP contribution in [0.3, 0.4) is 0 Å². The van der Waals surface area contributed by atoms with E-state index in [0.717, 1.165) is 17.7 Å². The molecule has 2 rings (SSSR count). The summed E-state index contributed by atoms with van der Waals surface area (Å²) in [7, 11) is 1.13. The lowest BCUT2D eigenvalue weighted by Gasteiger charge is -2.09. The summed E-state index contributed by atoms with van der Waals surface area (Å²) in [5.74, 6) is -1.97. The number of phenolic OH excluding ortho intramolecular Hbond substituents is 1. The second-order valence-electron chi connectivity index (χ2n) is 3.79. The van der Waals surface area contributed by atoms with Crippen LogP contribution < -0.4 is 0 Å². The van der Waals surface area contributed by atoms with Crippen molar-refractivity contribution in [2.75, 3.05) is 0 Å². The number of hydrogen-bond donors (Lipinski definition) is 2. The maximum Gasteiger partial charge on any atom is 0.432 e. The minimum Gasteiger partial charge on any atom is -0.508 e. The van der Waals surface area contributed by atoms with E-state index in [9.17, 15) is 23.1 Å². The van der Waals surface area contributed by atoms with Crippen molar-refractivity contribution in [2.45, 2.75) is 6.18 Å². The SMILES string of the molecule is Cn1c(C(F)(F)F)c(C(=O)O)c2cc(O)ccc21. The van der Waals surface area contributed by atoms with Gasteiger partial charge in [-0.2, -0.15) is 13.2 Å². The van der Waals surface area contributed by atoms with Crippen LogP contribution in [0.4, 0.5) is 13.2 Å². The maximum atomic E-state index is 12.9. The van der Waals surface area contributed by atoms with Crippen LogP contribution in [0.5, 0.6) is 5.75 Å². The van der Waals surface area contributed by atoms with Gasteiger partial charge in [0.05, 0.1) is 5.56 Å². The zero-order valence-electron chi connectivity index (χ0n) is 9.12. The summed E-state index contributed by atoms with van der Waals surface area (Å²) in [6.45, 7) is 0. The second kappa shape index (κ2) is 3.66. The molecule has 0 atom stereocenters. The highest BCUT2D eigenvalue weighted by Gasteiger charge is 2.40. The van der Waals surface area contributed by atoms with Gasteiger partial charge in [0.25, 0.3) is 0 Å². The number of benzene rings is 1. The molecule has 18 heavy (non-hydrogen) atoms. The largest absolute Gasteiger partial charge is 0.508 e. The number of halogens is 3. The first-order valence-corrected chi connectivity index (χ1v) is 4.85. The molecule has 0 aliphatic carbocycles. The van der Waals surface area contributed by atoms with Gasteiger partial charge in [-0.1, -0.05) is 0 Å². The molecule has 0 aliphatic rings. The van der Waals surface area contributed by atoms with Crippen LogP contribution in [-0.2, 0) is 13.2 Å². The normalized spacial score (nSPS) is 12.0. The second-order valence-corrected chi connectivity index (χ2v) is 3.79. The van der Waals surface area contributed by atoms with Gasteiger partial charge in [-0.25, -0.2) is 4.79 Å². The van der Waals surface area contributed by atoms with E-state index >= 15 is 0 Å². The summed E-state index contributed by atoms with van der Waals surface area (Å²) in [6.07, 6.45) is -4.78. The molecule has 2 N–H and O–H groups in total. The highest BCUT2D eigenvalue weighted by atomic mass is 19.4. The number of nitrogens with zero attached hydrogens (tertiary/aromatic N) is 1. The molecule has 1 heterocycles. The number of phenols is 1. The lowest BCUT2D eigenvalue weighted by atomic mass is 10.1. The monoisotopic (exact) mass is 259 g/mol. The lowest BCUT2D eigenvalue weighted by Crippen LogP contribution is -2.15. The highest BCUT2D eigenvalue weighted by Crippen LogP contribution is 2.38. The van der Waals surface area contributed by atoms with E-state index in [2.05, 4.69) is 0 Å². The van der Waals surface area contributed by atoms with E-state index < -0.39 is 23.4 Å². The Hall–Kier alpha value is -2.18. The van der Waals surface area contributed by atoms with E-state index in [4.69, 9.17) is 5.11 Å². The van der Waals surface area contributed by atoms with Crippen LogP contribution in [-0.4, -0.2) is 20.7 Å². The Morgan fingerprint density at radius 1 is 1.33 bits per heavy atom. The molecular formula is C11H8F3NO3. The van der Waals surface area contributed by atoms with Crippen LogP contribution >= 0.6 is 0 Å². The Morgan fingerprint density at radius 2 is 1.94 bits per heavy atom. The highest BCUT2D eigenvalue weighted by molar-refractivity contribution is 6.05. The van der Waals surface area contributed by atoms with E-state index in [1.807, 2.05) is 0 Å². The van der Waals surface area contributed by atoms with Crippen LogP contribution in [0.15, 0.2) is 18.2 Å². The first kappa shape index (κ1) is 12.3. The Bertz CT molecular complexity index is 643. The number of carboxylic acids is 1. The van der Waals surface area contributed by atoms with Crippen molar-refractivity contribution in [3.8, 4) is 5.75 Å². The summed E-state index contributed by atoms with van der Waals surface area (Å²) in [5.41, 5.74) is -2.00. The summed E-state index contributed by atoms with van der Waals surface area (Å²) < 4.78 is 39.3. The molecule has 7 heteroatoms. The molecule has 1 aromatic carbocycles. The molecule has 0 saturated heterocycles. The lowest BCUT2D eigenvalue weighted by molar-refractivity contribution is -0.143. The number of fused-ring (bicyclic) bond motifs is 1. The molecule has 0 unspecified atom stereocenters. The van der Waals surface area contributed by atoms with Crippen molar-refractivity contribution in [1.82, 2.24) is 4.57 Å². The number of carboxylic acid groups (broad SMARTS) is 1. The number of aromatic hydroxyl groups is 1. The molecule has 1 aromatic heterocycles. The number of alkyl halides is 3. The molecule has 96 valence electrons. The quantitative estimate of drug-likeness (QED) is 0.827. The molecule has 4 nitrogen and oxygen atoms in total. The molecule has 0 amide bonds. The topological polar surface area (TPSA) is 62.5 Å². The Balaban J connectivity index is 2.97. The van der Waals surface area contributed by atoms with Gasteiger partial charge in [0.15, 0.2) is 0 Å². The van der Waals surface area contributed by atoms with E-state index in [0.29, 0.717) is 0 Å². The van der Waals surface area contributed by atoms with E-state index in [1.54, 1.807) is 0 Å². The van der Waals surface area contributed by atoms with Gasteiger partial charge in [0.2, 0.25) is 0 Å². The fraction of sp³-hybridized carbons (Fsp3) is 0.182. The third-order valence-corrected chi connectivity index (χ3v) is 2.67. The third-order valence-electron chi connectivity index (χ3n) is 2.67. The van der Waals surface area contributed by atoms with Crippen molar-refractivity contribution in [3.63, 3.8) is 0 Å². The zero-order valence-corrected chi connectivity index (χ0v) is 9.12. The van der Waals surface area contributed by atoms with Gasteiger partial charge in [-0.05, 0) is 18.2 Å². The maximum absolute atomic E-state index is 12.9. The van der Waals surface area contributed by atoms with Gasteiger partial charge in [0.1, 0.15) is 11.4 Å². The Kier molecular flexibility index (Phi) is 2.50. The predicted octanol–water partition coefficient (Wildman–Crippen LogP) is 2.60. The molecule has 0 saturated carbocycles. The van der Waals surface area contributed by atoms with Crippen LogP contribution in [0.25, 0.3) is 10.9 Å². The Labute approximate surface area is 98.9 Å². The minimum atomic E-state index is -4.78. The number of rotatable bonds is 1. The fourth-order valence-corrected chi connectivity index (χ4v) is 1.98. The first-order chi connectivity index (χ1) is 8.23. The Morgan fingerprint density at radius 3 is 2.44 bits per heavy atom. The average Bonchev–Trinajstić information content (AvgIpc) is 2.50. The fourth-order valence-electron chi connectivity index (χ4n) is 1.98. The molecule has 0 radical (unpaired) electrons.